The molecule has 1 N–H and O–H groups in total. The van der Waals surface area contributed by atoms with Crippen molar-refractivity contribution in [3.8, 4) is 5.75 Å². The topological polar surface area (TPSA) is 54.5 Å². The monoisotopic (exact) mass is 485 g/mol. The van der Waals surface area contributed by atoms with Gasteiger partial charge in [-0.15, -0.1) is 0 Å². The van der Waals surface area contributed by atoms with Crippen LogP contribution >= 0.6 is 11.6 Å². The number of carbonyl (C=O) groups excluding carboxylic acids is 1. The summed E-state index contributed by atoms with van der Waals surface area (Å²) >= 11 is 6.11. The summed E-state index contributed by atoms with van der Waals surface area (Å²) in [6, 6.07) is 15.6. The Bertz CT molecular complexity index is 1040. The van der Waals surface area contributed by atoms with Crippen molar-refractivity contribution in [1.29, 1.82) is 0 Å². The van der Waals surface area contributed by atoms with Crippen LogP contribution in [-0.4, -0.2) is 42.0 Å². The number of nitrogens with one attached hydrogen (secondary N) is 1. The molecule has 1 amide bonds. The number of para-hydroxylation sites is 1. The van der Waals surface area contributed by atoms with Crippen LogP contribution in [0, 0.1) is 17.6 Å². The maximum Gasteiger partial charge on any atom is 0.226 e. The van der Waals surface area contributed by atoms with E-state index in [9.17, 15) is 13.6 Å². The molecular formula is C26H26ClF2N3O2. The number of amides is 1. The average molecular weight is 486 g/mol. The summed E-state index contributed by atoms with van der Waals surface area (Å²) < 4.78 is 33.4. The first-order chi connectivity index (χ1) is 16.5. The Morgan fingerprint density at radius 3 is 2.50 bits per heavy atom. The molecule has 0 unspecified atom stereocenters. The molecule has 2 heterocycles. The van der Waals surface area contributed by atoms with Gasteiger partial charge in [0.15, 0.2) is 11.6 Å². The zero-order valence-corrected chi connectivity index (χ0v) is 19.3. The first kappa shape index (κ1) is 24.1. The fraction of sp³-hybridized carbons (Fsp3) is 0.308. The summed E-state index contributed by atoms with van der Waals surface area (Å²) in [5, 5.41) is 3.84. The van der Waals surface area contributed by atoms with E-state index in [1.165, 1.54) is 12.1 Å². The van der Waals surface area contributed by atoms with E-state index in [4.69, 9.17) is 16.3 Å². The molecule has 0 saturated carbocycles. The van der Waals surface area contributed by atoms with Crippen molar-refractivity contribution in [1.82, 2.24) is 15.2 Å². The molecule has 1 aromatic heterocycles. The van der Waals surface area contributed by atoms with Crippen LogP contribution in [0.3, 0.4) is 0 Å². The Hall–Kier alpha value is -3.03. The number of nitrogens with zero attached hydrogens (tertiary/aromatic N) is 2. The average Bonchev–Trinajstić information content (AvgIpc) is 2.86. The zero-order valence-electron chi connectivity index (χ0n) is 18.6. The molecule has 0 radical (unpaired) electrons. The minimum absolute atomic E-state index is 0.0373. The molecule has 1 saturated heterocycles. The third-order valence-corrected chi connectivity index (χ3v) is 6.18. The van der Waals surface area contributed by atoms with E-state index in [0.717, 1.165) is 24.8 Å². The van der Waals surface area contributed by atoms with Gasteiger partial charge in [0.25, 0.3) is 0 Å². The Morgan fingerprint density at radius 2 is 1.82 bits per heavy atom. The normalized spacial score (nSPS) is 15.0. The first-order valence-corrected chi connectivity index (χ1v) is 11.7. The molecular weight excluding hydrogens is 460 g/mol. The van der Waals surface area contributed by atoms with Crippen molar-refractivity contribution >= 4 is 17.5 Å². The van der Waals surface area contributed by atoms with Crippen molar-refractivity contribution in [3.05, 3.63) is 94.8 Å². The molecule has 34 heavy (non-hydrogen) atoms. The van der Waals surface area contributed by atoms with Crippen LogP contribution < -0.4 is 10.1 Å². The van der Waals surface area contributed by atoms with Crippen LogP contribution in [0.4, 0.5) is 8.78 Å². The molecule has 1 fully saturated rings. The highest BCUT2D eigenvalue weighted by atomic mass is 35.5. The Kier molecular flexibility index (Phi) is 8.08. The van der Waals surface area contributed by atoms with Crippen molar-refractivity contribution in [3.63, 3.8) is 0 Å². The molecule has 1 aliphatic heterocycles. The molecule has 1 atom stereocenters. The summed E-state index contributed by atoms with van der Waals surface area (Å²) in [5.74, 6) is -1.000. The van der Waals surface area contributed by atoms with Crippen molar-refractivity contribution in [2.45, 2.75) is 18.9 Å². The number of aromatic nitrogens is 1. The number of benzene rings is 2. The number of piperidine rings is 1. The first-order valence-electron chi connectivity index (χ1n) is 11.3. The SMILES string of the molecule is O=C(C1CCNCC1)N(CCOc1ccccc1F)[C@H](c1ccc(Cl)cc1)c1ccc(F)cn1. The van der Waals surface area contributed by atoms with Crippen LogP contribution in [0.25, 0.3) is 0 Å². The van der Waals surface area contributed by atoms with Crippen LogP contribution in [0.1, 0.15) is 30.1 Å². The molecule has 178 valence electrons. The number of ether oxygens (including phenoxy) is 1. The van der Waals surface area contributed by atoms with E-state index in [1.807, 2.05) is 12.1 Å². The van der Waals surface area contributed by atoms with Crippen LogP contribution in [-0.2, 0) is 4.79 Å². The number of hydrogen-bond donors (Lipinski definition) is 1. The molecule has 0 spiro atoms. The molecule has 5 nitrogen and oxygen atoms in total. The highest BCUT2D eigenvalue weighted by molar-refractivity contribution is 6.30. The lowest BCUT2D eigenvalue weighted by Crippen LogP contribution is -2.45. The van der Waals surface area contributed by atoms with E-state index in [-0.39, 0.29) is 30.7 Å². The van der Waals surface area contributed by atoms with Gasteiger partial charge in [-0.1, -0.05) is 35.9 Å². The Balaban J connectivity index is 1.67. The van der Waals surface area contributed by atoms with E-state index in [1.54, 1.807) is 41.3 Å². The van der Waals surface area contributed by atoms with Gasteiger partial charge in [0.05, 0.1) is 24.5 Å². The zero-order chi connectivity index (χ0) is 23.9. The van der Waals surface area contributed by atoms with Crippen molar-refractivity contribution in [2.24, 2.45) is 5.92 Å². The quantitative estimate of drug-likeness (QED) is 0.487. The Morgan fingerprint density at radius 1 is 1.09 bits per heavy atom. The van der Waals surface area contributed by atoms with Gasteiger partial charge in [0.2, 0.25) is 5.91 Å². The van der Waals surface area contributed by atoms with E-state index in [2.05, 4.69) is 10.3 Å². The third-order valence-electron chi connectivity index (χ3n) is 5.93. The Labute approximate surface area is 202 Å². The van der Waals surface area contributed by atoms with Crippen LogP contribution in [0.2, 0.25) is 5.02 Å². The highest BCUT2D eigenvalue weighted by Gasteiger charge is 2.33. The molecule has 0 aliphatic carbocycles. The second-order valence-corrected chi connectivity index (χ2v) is 8.63. The standard InChI is InChI=1S/C26H26ClF2N3O2/c27-20-7-5-18(6-8-20)25(23-10-9-21(28)17-31-23)32(26(33)19-11-13-30-14-12-19)15-16-34-24-4-2-1-3-22(24)29/h1-10,17,19,25,30H,11-16H2/t25-/m1/s1. The summed E-state index contributed by atoms with van der Waals surface area (Å²) in [7, 11) is 0. The van der Waals surface area contributed by atoms with Gasteiger partial charge >= 0.3 is 0 Å². The minimum Gasteiger partial charge on any atom is -0.489 e. The second kappa shape index (κ2) is 11.4. The van der Waals surface area contributed by atoms with Crippen molar-refractivity contribution in [2.75, 3.05) is 26.2 Å². The number of hydrogen-bond acceptors (Lipinski definition) is 4. The largest absolute Gasteiger partial charge is 0.489 e. The van der Waals surface area contributed by atoms with E-state index in [0.29, 0.717) is 23.6 Å². The number of pyridine rings is 1. The van der Waals surface area contributed by atoms with E-state index >= 15 is 0 Å². The van der Waals surface area contributed by atoms with Crippen molar-refractivity contribution < 1.29 is 18.3 Å². The third kappa shape index (κ3) is 5.90. The van der Waals surface area contributed by atoms with Gasteiger partial charge in [0.1, 0.15) is 12.4 Å². The maximum absolute atomic E-state index is 14.1. The van der Waals surface area contributed by atoms with E-state index < -0.39 is 17.7 Å². The second-order valence-electron chi connectivity index (χ2n) is 8.19. The fourth-order valence-electron chi connectivity index (χ4n) is 4.19. The lowest BCUT2D eigenvalue weighted by molar-refractivity contribution is -0.138. The molecule has 8 heteroatoms. The van der Waals surface area contributed by atoms with Gasteiger partial charge in [-0.2, -0.15) is 0 Å². The molecule has 1 aliphatic rings. The predicted octanol–water partition coefficient (Wildman–Crippen LogP) is 5.01. The molecule has 0 bridgehead atoms. The highest BCUT2D eigenvalue weighted by Crippen LogP contribution is 2.31. The van der Waals surface area contributed by atoms with Gasteiger partial charge in [-0.05, 0) is 67.9 Å². The predicted molar refractivity (Wildman–Crippen MR) is 127 cm³/mol. The summed E-state index contributed by atoms with van der Waals surface area (Å²) in [5.41, 5.74) is 1.31. The summed E-state index contributed by atoms with van der Waals surface area (Å²) in [4.78, 5) is 19.8. The smallest absolute Gasteiger partial charge is 0.226 e. The lowest BCUT2D eigenvalue weighted by Gasteiger charge is -2.35. The molecule has 2 aromatic carbocycles. The summed E-state index contributed by atoms with van der Waals surface area (Å²) in [6.45, 7) is 1.80. The summed E-state index contributed by atoms with van der Waals surface area (Å²) in [6.07, 6.45) is 2.57. The lowest BCUT2D eigenvalue weighted by atomic mass is 9.93. The minimum atomic E-state index is -0.579. The number of halogens is 3. The van der Waals surface area contributed by atoms with Gasteiger partial charge < -0.3 is 15.0 Å². The molecule has 4 rings (SSSR count). The maximum atomic E-state index is 14.1. The van der Waals surface area contributed by atoms with Gasteiger partial charge in [-0.25, -0.2) is 8.78 Å². The number of carbonyl (C=O) groups is 1. The van der Waals surface area contributed by atoms with Gasteiger partial charge in [0, 0.05) is 10.9 Å². The number of rotatable bonds is 8. The fourth-order valence-corrected chi connectivity index (χ4v) is 4.32. The molecule has 3 aromatic rings. The van der Waals surface area contributed by atoms with Crippen LogP contribution in [0.15, 0.2) is 66.9 Å². The van der Waals surface area contributed by atoms with Gasteiger partial charge in [-0.3, -0.25) is 9.78 Å². The van der Waals surface area contributed by atoms with Crippen LogP contribution in [0.5, 0.6) is 5.75 Å².